The molecule has 0 saturated heterocycles. The molecule has 0 heterocycles. The molecule has 2 nitrogen and oxygen atoms in total. The maximum absolute atomic E-state index is 5.55. The molecular formula is C14H14N2S. The van der Waals surface area contributed by atoms with E-state index in [0.29, 0.717) is 4.99 Å². The molecule has 0 saturated carbocycles. The fourth-order valence-electron chi connectivity index (χ4n) is 1.59. The predicted molar refractivity (Wildman–Crippen MR) is 76.8 cm³/mol. The fourth-order valence-corrected chi connectivity index (χ4v) is 1.72. The van der Waals surface area contributed by atoms with Crippen LogP contribution in [0.4, 0.5) is 11.4 Å². The van der Waals surface area contributed by atoms with Crippen molar-refractivity contribution in [1.29, 1.82) is 0 Å². The molecular weight excluding hydrogens is 228 g/mol. The van der Waals surface area contributed by atoms with E-state index < -0.39 is 0 Å². The molecule has 2 aromatic rings. The van der Waals surface area contributed by atoms with Gasteiger partial charge in [0.05, 0.1) is 0 Å². The Kier molecular flexibility index (Phi) is 3.40. The number of nitrogens with one attached hydrogen (secondary N) is 1. The third-order valence-corrected chi connectivity index (χ3v) is 2.83. The maximum atomic E-state index is 5.55. The van der Waals surface area contributed by atoms with Crippen LogP contribution in [-0.2, 0) is 0 Å². The zero-order valence-corrected chi connectivity index (χ0v) is 10.4. The van der Waals surface area contributed by atoms with Crippen molar-refractivity contribution in [3.63, 3.8) is 0 Å². The van der Waals surface area contributed by atoms with Gasteiger partial charge in [0.15, 0.2) is 0 Å². The Labute approximate surface area is 106 Å². The van der Waals surface area contributed by atoms with Crippen LogP contribution in [0, 0.1) is 6.92 Å². The molecule has 3 heteroatoms. The summed E-state index contributed by atoms with van der Waals surface area (Å²) in [5.74, 6) is 0. The number of nitrogens with two attached hydrogens (primary N) is 1. The van der Waals surface area contributed by atoms with Gasteiger partial charge in [-0.05, 0) is 42.8 Å². The molecule has 0 bridgehead atoms. The summed E-state index contributed by atoms with van der Waals surface area (Å²) in [5, 5.41) is 3.35. The van der Waals surface area contributed by atoms with Gasteiger partial charge in [-0.2, -0.15) is 0 Å². The molecule has 0 unspecified atom stereocenters. The molecule has 3 N–H and O–H groups in total. The lowest BCUT2D eigenvalue weighted by Gasteiger charge is -2.09. The number of hydrogen-bond donors (Lipinski definition) is 2. The number of rotatable bonds is 3. The average Bonchev–Trinajstić information content (AvgIpc) is 2.33. The van der Waals surface area contributed by atoms with Crippen LogP contribution in [0.3, 0.4) is 0 Å². The summed E-state index contributed by atoms with van der Waals surface area (Å²) in [6, 6.07) is 15.9. The zero-order chi connectivity index (χ0) is 12.3. The molecule has 0 atom stereocenters. The molecule has 17 heavy (non-hydrogen) atoms. The number of para-hydroxylation sites is 1. The summed E-state index contributed by atoms with van der Waals surface area (Å²) in [6.07, 6.45) is 0. The summed E-state index contributed by atoms with van der Waals surface area (Å²) < 4.78 is 0. The van der Waals surface area contributed by atoms with Gasteiger partial charge in [-0.25, -0.2) is 0 Å². The Morgan fingerprint density at radius 2 is 1.71 bits per heavy atom. The van der Waals surface area contributed by atoms with Crippen molar-refractivity contribution in [1.82, 2.24) is 0 Å². The first-order valence-corrected chi connectivity index (χ1v) is 5.80. The van der Waals surface area contributed by atoms with Gasteiger partial charge < -0.3 is 11.1 Å². The molecule has 0 amide bonds. The standard InChI is InChI=1S/C14H14N2S/c1-10-4-2-3-5-13(10)16-12-8-6-11(7-9-12)14(15)17/h2-9,16H,1H3,(H2,15,17). The summed E-state index contributed by atoms with van der Waals surface area (Å²) in [5.41, 5.74) is 9.78. The zero-order valence-electron chi connectivity index (χ0n) is 9.60. The molecule has 86 valence electrons. The summed E-state index contributed by atoms with van der Waals surface area (Å²) in [7, 11) is 0. The van der Waals surface area contributed by atoms with Gasteiger partial charge in [0.1, 0.15) is 4.99 Å². The van der Waals surface area contributed by atoms with E-state index >= 15 is 0 Å². The average molecular weight is 242 g/mol. The quantitative estimate of drug-likeness (QED) is 0.810. The predicted octanol–water partition coefficient (Wildman–Crippen LogP) is 3.37. The summed E-state index contributed by atoms with van der Waals surface area (Å²) in [4.78, 5) is 0.424. The van der Waals surface area contributed by atoms with Crippen molar-refractivity contribution in [2.75, 3.05) is 5.32 Å². The number of anilines is 2. The minimum absolute atomic E-state index is 0.424. The molecule has 0 aliphatic carbocycles. The Balaban J connectivity index is 2.20. The monoisotopic (exact) mass is 242 g/mol. The SMILES string of the molecule is Cc1ccccc1Nc1ccc(C(N)=S)cc1. The van der Waals surface area contributed by atoms with Gasteiger partial charge in [-0.15, -0.1) is 0 Å². The Hall–Kier alpha value is -1.87. The smallest absolute Gasteiger partial charge is 0.103 e. The van der Waals surface area contributed by atoms with Crippen LogP contribution >= 0.6 is 12.2 Å². The molecule has 2 rings (SSSR count). The van der Waals surface area contributed by atoms with Crippen LogP contribution in [-0.4, -0.2) is 4.99 Å². The van der Waals surface area contributed by atoms with E-state index in [9.17, 15) is 0 Å². The van der Waals surface area contributed by atoms with Crippen molar-refractivity contribution in [3.8, 4) is 0 Å². The Morgan fingerprint density at radius 1 is 1.06 bits per heavy atom. The van der Waals surface area contributed by atoms with Crippen molar-refractivity contribution in [2.24, 2.45) is 5.73 Å². The maximum Gasteiger partial charge on any atom is 0.103 e. The van der Waals surface area contributed by atoms with E-state index in [1.54, 1.807) is 0 Å². The highest BCUT2D eigenvalue weighted by Gasteiger charge is 1.99. The number of hydrogen-bond acceptors (Lipinski definition) is 2. The van der Waals surface area contributed by atoms with Gasteiger partial charge in [-0.1, -0.05) is 30.4 Å². The molecule has 0 aliphatic rings. The Bertz CT molecular complexity index is 532. The molecule has 0 aliphatic heterocycles. The van der Waals surface area contributed by atoms with Crippen molar-refractivity contribution in [3.05, 3.63) is 59.7 Å². The van der Waals surface area contributed by atoms with Gasteiger partial charge >= 0.3 is 0 Å². The van der Waals surface area contributed by atoms with Crippen molar-refractivity contribution in [2.45, 2.75) is 6.92 Å². The molecule has 0 fully saturated rings. The molecule has 0 radical (unpaired) electrons. The normalized spacial score (nSPS) is 9.94. The Morgan fingerprint density at radius 3 is 2.29 bits per heavy atom. The fraction of sp³-hybridized carbons (Fsp3) is 0.0714. The number of thiocarbonyl (C=S) groups is 1. The highest BCUT2D eigenvalue weighted by atomic mass is 32.1. The van der Waals surface area contributed by atoms with Crippen LogP contribution < -0.4 is 11.1 Å². The lowest BCUT2D eigenvalue weighted by Crippen LogP contribution is -2.08. The number of aryl methyl sites for hydroxylation is 1. The highest BCUT2D eigenvalue weighted by Crippen LogP contribution is 2.20. The minimum atomic E-state index is 0.424. The second-order valence-corrected chi connectivity index (χ2v) is 4.32. The van der Waals surface area contributed by atoms with E-state index in [4.69, 9.17) is 18.0 Å². The first kappa shape index (κ1) is 11.6. The third-order valence-electron chi connectivity index (χ3n) is 2.59. The van der Waals surface area contributed by atoms with Gasteiger partial charge in [0.25, 0.3) is 0 Å². The van der Waals surface area contributed by atoms with E-state index in [1.807, 2.05) is 36.4 Å². The van der Waals surface area contributed by atoms with Crippen LogP contribution in [0.1, 0.15) is 11.1 Å². The minimum Gasteiger partial charge on any atom is -0.389 e. The van der Waals surface area contributed by atoms with Gasteiger partial charge in [0.2, 0.25) is 0 Å². The van der Waals surface area contributed by atoms with E-state index in [0.717, 1.165) is 16.9 Å². The summed E-state index contributed by atoms with van der Waals surface area (Å²) in [6.45, 7) is 2.08. The van der Waals surface area contributed by atoms with Crippen LogP contribution in [0.15, 0.2) is 48.5 Å². The lowest BCUT2D eigenvalue weighted by atomic mass is 10.1. The van der Waals surface area contributed by atoms with E-state index in [2.05, 4.69) is 24.4 Å². The lowest BCUT2D eigenvalue weighted by molar-refractivity contribution is 1.43. The van der Waals surface area contributed by atoms with Gasteiger partial charge in [0, 0.05) is 16.9 Å². The third kappa shape index (κ3) is 2.82. The van der Waals surface area contributed by atoms with Crippen LogP contribution in [0.5, 0.6) is 0 Å². The topological polar surface area (TPSA) is 38.0 Å². The first-order valence-electron chi connectivity index (χ1n) is 5.39. The van der Waals surface area contributed by atoms with Gasteiger partial charge in [-0.3, -0.25) is 0 Å². The summed E-state index contributed by atoms with van der Waals surface area (Å²) >= 11 is 4.91. The second-order valence-electron chi connectivity index (χ2n) is 3.88. The molecule has 2 aromatic carbocycles. The van der Waals surface area contributed by atoms with Crippen molar-refractivity contribution >= 4 is 28.6 Å². The van der Waals surface area contributed by atoms with Crippen LogP contribution in [0.2, 0.25) is 0 Å². The molecule has 0 spiro atoms. The second kappa shape index (κ2) is 4.97. The van der Waals surface area contributed by atoms with E-state index in [-0.39, 0.29) is 0 Å². The van der Waals surface area contributed by atoms with E-state index in [1.165, 1.54) is 5.56 Å². The number of benzene rings is 2. The van der Waals surface area contributed by atoms with Crippen molar-refractivity contribution < 1.29 is 0 Å². The highest BCUT2D eigenvalue weighted by molar-refractivity contribution is 7.80. The largest absolute Gasteiger partial charge is 0.389 e. The van der Waals surface area contributed by atoms with Crippen LogP contribution in [0.25, 0.3) is 0 Å². The molecule has 0 aromatic heterocycles. The first-order chi connectivity index (χ1) is 8.16.